The Kier molecular flexibility index (Phi) is 6.71. The molecule has 9 heteroatoms. The SMILES string of the molecule is Cc1cccc(F)c1-c1nc(C(=O)Nc2cnsc2OCCCC(C)O)cs1. The number of anilines is 1. The van der Waals surface area contributed by atoms with Crippen LogP contribution in [-0.2, 0) is 0 Å². The van der Waals surface area contributed by atoms with Crippen LogP contribution in [0.2, 0.25) is 0 Å². The molecule has 28 heavy (non-hydrogen) atoms. The topological polar surface area (TPSA) is 84.3 Å². The van der Waals surface area contributed by atoms with E-state index >= 15 is 0 Å². The monoisotopic (exact) mass is 421 g/mol. The smallest absolute Gasteiger partial charge is 0.275 e. The number of hydrogen-bond donors (Lipinski definition) is 2. The molecule has 2 aromatic heterocycles. The molecule has 3 aromatic rings. The minimum Gasteiger partial charge on any atom is -0.481 e. The number of carbonyl (C=O) groups is 1. The van der Waals surface area contributed by atoms with Crippen molar-refractivity contribution in [2.75, 3.05) is 11.9 Å². The zero-order valence-corrected chi connectivity index (χ0v) is 17.1. The molecule has 0 radical (unpaired) electrons. The van der Waals surface area contributed by atoms with Crippen LogP contribution in [0.25, 0.3) is 10.6 Å². The third-order valence-corrected chi connectivity index (χ3v) is 5.53. The predicted octanol–water partition coefficient (Wildman–Crippen LogP) is 4.51. The van der Waals surface area contributed by atoms with Crippen molar-refractivity contribution < 1.29 is 19.0 Å². The van der Waals surface area contributed by atoms with Gasteiger partial charge in [-0.3, -0.25) is 4.79 Å². The summed E-state index contributed by atoms with van der Waals surface area (Å²) in [5.74, 6) is -0.776. The molecular weight excluding hydrogens is 401 g/mol. The first-order valence-corrected chi connectivity index (χ1v) is 10.4. The van der Waals surface area contributed by atoms with Gasteiger partial charge in [0.2, 0.25) is 5.06 Å². The van der Waals surface area contributed by atoms with E-state index in [9.17, 15) is 14.3 Å². The van der Waals surface area contributed by atoms with E-state index in [1.807, 2.05) is 0 Å². The molecule has 0 aliphatic heterocycles. The molecule has 0 bridgehead atoms. The average molecular weight is 422 g/mol. The third kappa shape index (κ3) is 4.92. The highest BCUT2D eigenvalue weighted by atomic mass is 32.1. The van der Waals surface area contributed by atoms with Crippen LogP contribution in [0.3, 0.4) is 0 Å². The van der Waals surface area contributed by atoms with Crippen LogP contribution in [0.1, 0.15) is 35.8 Å². The van der Waals surface area contributed by atoms with E-state index in [1.165, 1.54) is 23.6 Å². The molecule has 2 heterocycles. The maximum absolute atomic E-state index is 14.1. The lowest BCUT2D eigenvalue weighted by Crippen LogP contribution is -2.13. The number of nitrogens with one attached hydrogen (secondary N) is 1. The van der Waals surface area contributed by atoms with Crippen molar-refractivity contribution >= 4 is 34.5 Å². The second-order valence-corrected chi connectivity index (χ2v) is 7.91. The number of nitrogens with zero attached hydrogens (tertiary/aromatic N) is 2. The van der Waals surface area contributed by atoms with E-state index < -0.39 is 5.91 Å². The lowest BCUT2D eigenvalue weighted by Gasteiger charge is -2.07. The third-order valence-electron chi connectivity index (χ3n) is 3.96. The quantitative estimate of drug-likeness (QED) is 0.523. The number of aryl methyl sites for hydroxylation is 1. The lowest BCUT2D eigenvalue weighted by molar-refractivity contribution is 0.102. The predicted molar refractivity (Wildman–Crippen MR) is 109 cm³/mol. The van der Waals surface area contributed by atoms with Crippen LogP contribution >= 0.6 is 22.9 Å². The van der Waals surface area contributed by atoms with Crippen LogP contribution in [0.4, 0.5) is 10.1 Å². The Hall–Kier alpha value is -2.36. The van der Waals surface area contributed by atoms with Gasteiger partial charge in [-0.15, -0.1) is 11.3 Å². The minimum atomic E-state index is -0.412. The van der Waals surface area contributed by atoms with Gasteiger partial charge in [0.1, 0.15) is 22.2 Å². The molecule has 0 aliphatic rings. The van der Waals surface area contributed by atoms with E-state index in [0.29, 0.717) is 40.8 Å². The van der Waals surface area contributed by atoms with Gasteiger partial charge < -0.3 is 15.2 Å². The van der Waals surface area contributed by atoms with Gasteiger partial charge in [-0.1, -0.05) is 12.1 Å². The maximum atomic E-state index is 14.1. The van der Waals surface area contributed by atoms with E-state index in [4.69, 9.17) is 4.74 Å². The number of aliphatic hydroxyl groups excluding tert-OH is 1. The van der Waals surface area contributed by atoms with Gasteiger partial charge in [-0.2, -0.15) is 4.37 Å². The molecular formula is C19H20FN3O3S2. The summed E-state index contributed by atoms with van der Waals surface area (Å²) in [5, 5.41) is 14.6. The first-order chi connectivity index (χ1) is 13.5. The van der Waals surface area contributed by atoms with E-state index in [2.05, 4.69) is 14.7 Å². The van der Waals surface area contributed by atoms with Crippen molar-refractivity contribution in [1.29, 1.82) is 0 Å². The number of aromatic nitrogens is 2. The van der Waals surface area contributed by atoms with Crippen molar-refractivity contribution in [2.45, 2.75) is 32.8 Å². The molecule has 1 amide bonds. The molecule has 0 aliphatic carbocycles. The second kappa shape index (κ2) is 9.22. The summed E-state index contributed by atoms with van der Waals surface area (Å²) in [6.07, 6.45) is 2.47. The normalized spacial score (nSPS) is 12.0. The van der Waals surface area contributed by atoms with Gasteiger partial charge in [0.25, 0.3) is 5.91 Å². The first kappa shape index (κ1) is 20.4. The summed E-state index contributed by atoms with van der Waals surface area (Å²) in [4.78, 5) is 16.8. The summed E-state index contributed by atoms with van der Waals surface area (Å²) in [7, 11) is 0. The minimum absolute atomic E-state index is 0.203. The van der Waals surface area contributed by atoms with Gasteiger partial charge in [-0.25, -0.2) is 9.37 Å². The van der Waals surface area contributed by atoms with Crippen LogP contribution in [0.15, 0.2) is 29.8 Å². The summed E-state index contributed by atoms with van der Waals surface area (Å²) in [6.45, 7) is 3.95. The van der Waals surface area contributed by atoms with Gasteiger partial charge >= 0.3 is 0 Å². The number of carbonyl (C=O) groups excluding carboxylic acids is 1. The number of hydrogen-bond acceptors (Lipinski definition) is 7. The van der Waals surface area contributed by atoms with Crippen molar-refractivity contribution in [1.82, 2.24) is 9.36 Å². The van der Waals surface area contributed by atoms with Gasteiger partial charge in [0, 0.05) is 22.5 Å². The van der Waals surface area contributed by atoms with Gasteiger partial charge in [0.15, 0.2) is 0 Å². The fourth-order valence-corrected chi connectivity index (χ4v) is 4.04. The highest BCUT2D eigenvalue weighted by Crippen LogP contribution is 2.31. The van der Waals surface area contributed by atoms with E-state index in [-0.39, 0.29) is 17.6 Å². The number of rotatable bonds is 8. The Morgan fingerprint density at radius 2 is 2.25 bits per heavy atom. The Labute approximate surface area is 170 Å². The van der Waals surface area contributed by atoms with Crippen LogP contribution in [-0.4, -0.2) is 33.1 Å². The Balaban J connectivity index is 1.67. The van der Waals surface area contributed by atoms with Crippen molar-refractivity contribution in [3.05, 3.63) is 46.9 Å². The highest BCUT2D eigenvalue weighted by Gasteiger charge is 2.18. The number of benzene rings is 1. The first-order valence-electron chi connectivity index (χ1n) is 8.73. The summed E-state index contributed by atoms with van der Waals surface area (Å²) >= 11 is 2.35. The van der Waals surface area contributed by atoms with Crippen LogP contribution in [0.5, 0.6) is 5.06 Å². The maximum Gasteiger partial charge on any atom is 0.275 e. The fourth-order valence-electron chi connectivity index (χ4n) is 2.54. The lowest BCUT2D eigenvalue weighted by atomic mass is 10.1. The van der Waals surface area contributed by atoms with Crippen LogP contribution < -0.4 is 10.1 Å². The summed E-state index contributed by atoms with van der Waals surface area (Å²) in [6, 6.07) is 4.82. The molecule has 0 saturated heterocycles. The Morgan fingerprint density at radius 3 is 3.00 bits per heavy atom. The average Bonchev–Trinajstić information content (AvgIpc) is 3.28. The number of ether oxygens (including phenoxy) is 1. The molecule has 1 atom stereocenters. The number of halogens is 1. The zero-order chi connectivity index (χ0) is 20.1. The van der Waals surface area contributed by atoms with E-state index in [1.54, 1.807) is 31.4 Å². The molecule has 148 valence electrons. The van der Waals surface area contributed by atoms with Crippen molar-refractivity contribution in [3.8, 4) is 15.6 Å². The van der Waals surface area contributed by atoms with Gasteiger partial charge in [-0.05, 0) is 38.3 Å². The summed E-state index contributed by atoms with van der Waals surface area (Å²) < 4.78 is 23.8. The molecule has 1 unspecified atom stereocenters. The molecule has 2 N–H and O–H groups in total. The number of aliphatic hydroxyl groups is 1. The number of thiazole rings is 1. The second-order valence-electron chi connectivity index (χ2n) is 6.29. The molecule has 0 saturated carbocycles. The number of amides is 1. The van der Waals surface area contributed by atoms with Gasteiger partial charge in [0.05, 0.1) is 18.9 Å². The van der Waals surface area contributed by atoms with Crippen molar-refractivity contribution in [3.63, 3.8) is 0 Å². The largest absolute Gasteiger partial charge is 0.481 e. The van der Waals surface area contributed by atoms with Crippen LogP contribution in [0, 0.1) is 12.7 Å². The fraction of sp³-hybridized carbons (Fsp3) is 0.316. The van der Waals surface area contributed by atoms with E-state index in [0.717, 1.165) is 17.1 Å². The zero-order valence-electron chi connectivity index (χ0n) is 15.4. The summed E-state index contributed by atoms with van der Waals surface area (Å²) in [5.41, 5.74) is 1.83. The van der Waals surface area contributed by atoms with Crippen molar-refractivity contribution in [2.24, 2.45) is 0 Å². The molecule has 1 aromatic carbocycles. The molecule has 6 nitrogen and oxygen atoms in total. The Morgan fingerprint density at radius 1 is 1.43 bits per heavy atom. The molecule has 0 fully saturated rings. The molecule has 3 rings (SSSR count). The Bertz CT molecular complexity index is 935. The molecule has 0 spiro atoms. The standard InChI is InChI=1S/C19H20FN3O3S2/c1-11-5-3-7-13(20)16(11)18-23-15(10-27-18)17(25)22-14-9-21-28-19(14)26-8-4-6-12(2)24/h3,5,7,9-10,12,24H,4,6,8H2,1-2H3,(H,22,25). The highest BCUT2D eigenvalue weighted by molar-refractivity contribution is 7.13.